The summed E-state index contributed by atoms with van der Waals surface area (Å²) in [5.74, 6) is 0.490. The van der Waals surface area contributed by atoms with E-state index < -0.39 is 0 Å². The van der Waals surface area contributed by atoms with Crippen LogP contribution < -0.4 is 5.32 Å². The van der Waals surface area contributed by atoms with Gasteiger partial charge in [-0.25, -0.2) is 0 Å². The van der Waals surface area contributed by atoms with Gasteiger partial charge < -0.3 is 10.4 Å². The van der Waals surface area contributed by atoms with Gasteiger partial charge in [0.05, 0.1) is 18.7 Å². The van der Waals surface area contributed by atoms with E-state index in [0.29, 0.717) is 18.5 Å². The van der Waals surface area contributed by atoms with Gasteiger partial charge in [-0.05, 0) is 30.6 Å². The Morgan fingerprint density at radius 1 is 1.40 bits per heavy atom. The Bertz CT molecular complexity index is 319. The molecule has 1 rings (SSSR count). The molecule has 0 radical (unpaired) electrons. The molecule has 0 aliphatic carbocycles. The summed E-state index contributed by atoms with van der Waals surface area (Å²) in [6.45, 7) is 12.1. The minimum absolute atomic E-state index is 0.203. The maximum Gasteiger partial charge on any atom is 0.0866 e. The normalized spacial score (nSPS) is 26.2. The van der Waals surface area contributed by atoms with Crippen LogP contribution in [0.2, 0.25) is 0 Å². The van der Waals surface area contributed by atoms with Crippen LogP contribution in [0.1, 0.15) is 47.0 Å². The monoisotopic (exact) mass is 281 g/mol. The largest absolute Gasteiger partial charge is 0.393 e. The highest BCUT2D eigenvalue weighted by Crippen LogP contribution is 2.23. The van der Waals surface area contributed by atoms with Crippen LogP contribution in [0, 0.1) is 22.7 Å². The number of hydrogen-bond donors (Lipinski definition) is 2. The summed E-state index contributed by atoms with van der Waals surface area (Å²) >= 11 is 0. The van der Waals surface area contributed by atoms with Gasteiger partial charge >= 0.3 is 0 Å². The van der Waals surface area contributed by atoms with Crippen LogP contribution in [0.4, 0.5) is 0 Å². The van der Waals surface area contributed by atoms with Gasteiger partial charge in [0, 0.05) is 25.7 Å². The summed E-state index contributed by atoms with van der Waals surface area (Å²) < 4.78 is 0. The second-order valence-electron chi connectivity index (χ2n) is 7.39. The maximum atomic E-state index is 9.87. The molecule has 1 aliphatic rings. The Hall–Kier alpha value is -0.630. The molecule has 0 amide bonds. The van der Waals surface area contributed by atoms with Gasteiger partial charge in [0.2, 0.25) is 0 Å². The smallest absolute Gasteiger partial charge is 0.0866 e. The van der Waals surface area contributed by atoms with E-state index in [0.717, 1.165) is 38.9 Å². The van der Waals surface area contributed by atoms with E-state index in [2.05, 4.69) is 37.1 Å². The predicted molar refractivity (Wildman–Crippen MR) is 82.3 cm³/mol. The second kappa shape index (κ2) is 7.97. The van der Waals surface area contributed by atoms with Crippen molar-refractivity contribution >= 4 is 0 Å². The molecule has 4 nitrogen and oxygen atoms in total. The minimum Gasteiger partial charge on any atom is -0.393 e. The van der Waals surface area contributed by atoms with E-state index in [4.69, 9.17) is 5.26 Å². The molecule has 4 heteroatoms. The average Bonchev–Trinajstić information content (AvgIpc) is 2.35. The fourth-order valence-corrected chi connectivity index (χ4v) is 2.85. The topological polar surface area (TPSA) is 59.3 Å². The number of aliphatic hydroxyl groups excluding tert-OH is 1. The third-order valence-electron chi connectivity index (χ3n) is 3.90. The van der Waals surface area contributed by atoms with Crippen molar-refractivity contribution < 1.29 is 5.11 Å². The van der Waals surface area contributed by atoms with E-state index in [1.54, 1.807) is 0 Å². The van der Waals surface area contributed by atoms with Crippen molar-refractivity contribution in [3.05, 3.63) is 0 Å². The van der Waals surface area contributed by atoms with Gasteiger partial charge in [0.25, 0.3) is 0 Å². The zero-order valence-electron chi connectivity index (χ0n) is 13.5. The first-order valence-corrected chi connectivity index (χ1v) is 7.84. The maximum absolute atomic E-state index is 9.87. The summed E-state index contributed by atoms with van der Waals surface area (Å²) in [5.41, 5.74) is 0.274. The van der Waals surface area contributed by atoms with Gasteiger partial charge in [0.15, 0.2) is 0 Å². The zero-order chi connectivity index (χ0) is 15.2. The minimum atomic E-state index is -0.203. The summed E-state index contributed by atoms with van der Waals surface area (Å²) in [5, 5.41) is 22.4. The summed E-state index contributed by atoms with van der Waals surface area (Å²) in [6.07, 6.45) is 2.57. The summed E-state index contributed by atoms with van der Waals surface area (Å²) in [6, 6.07) is 2.69. The molecule has 1 saturated heterocycles. The molecule has 1 aliphatic heterocycles. The number of piperidine rings is 1. The number of aliphatic hydroxyl groups is 1. The molecule has 2 N–H and O–H groups in total. The molecule has 3 atom stereocenters. The second-order valence-corrected chi connectivity index (χ2v) is 7.39. The SMILES string of the molecule is CCC(O)CC1CC(NCC(C)(C)C)CN(CC#N)C1. The molecule has 1 fully saturated rings. The van der Waals surface area contributed by atoms with Crippen molar-refractivity contribution in [1.29, 1.82) is 5.26 Å². The highest BCUT2D eigenvalue weighted by Gasteiger charge is 2.28. The Kier molecular flexibility index (Phi) is 6.94. The molecular formula is C16H31N3O. The molecule has 1 heterocycles. The first-order valence-electron chi connectivity index (χ1n) is 7.84. The van der Waals surface area contributed by atoms with Crippen molar-refractivity contribution in [2.45, 2.75) is 59.1 Å². The third kappa shape index (κ3) is 6.69. The molecular weight excluding hydrogens is 250 g/mol. The lowest BCUT2D eigenvalue weighted by Gasteiger charge is -2.38. The highest BCUT2D eigenvalue weighted by atomic mass is 16.3. The summed E-state index contributed by atoms with van der Waals surface area (Å²) in [4.78, 5) is 2.22. The molecule has 0 aromatic carbocycles. The van der Waals surface area contributed by atoms with Gasteiger partial charge in [-0.2, -0.15) is 5.26 Å². The number of nitrogens with zero attached hydrogens (tertiary/aromatic N) is 2. The average molecular weight is 281 g/mol. The first-order chi connectivity index (χ1) is 9.34. The molecule has 3 unspecified atom stereocenters. The van der Waals surface area contributed by atoms with Crippen LogP contribution in [0.5, 0.6) is 0 Å². The zero-order valence-corrected chi connectivity index (χ0v) is 13.5. The molecule has 0 saturated carbocycles. The number of nitriles is 1. The van der Waals surface area contributed by atoms with Crippen LogP contribution in [0.25, 0.3) is 0 Å². The Morgan fingerprint density at radius 3 is 2.65 bits per heavy atom. The quantitative estimate of drug-likeness (QED) is 0.731. The van der Waals surface area contributed by atoms with Crippen LogP contribution >= 0.6 is 0 Å². The molecule has 0 bridgehead atoms. The van der Waals surface area contributed by atoms with Crippen molar-refractivity contribution in [3.63, 3.8) is 0 Å². The third-order valence-corrected chi connectivity index (χ3v) is 3.90. The van der Waals surface area contributed by atoms with Crippen molar-refractivity contribution in [1.82, 2.24) is 10.2 Å². The Morgan fingerprint density at radius 2 is 2.10 bits per heavy atom. The van der Waals surface area contributed by atoms with E-state index in [-0.39, 0.29) is 11.5 Å². The van der Waals surface area contributed by atoms with E-state index in [1.807, 2.05) is 6.92 Å². The number of hydrogen-bond acceptors (Lipinski definition) is 4. The van der Waals surface area contributed by atoms with Crippen molar-refractivity contribution in [2.24, 2.45) is 11.3 Å². The Balaban J connectivity index is 2.54. The number of likely N-dealkylation sites (tertiary alicyclic amines) is 1. The lowest BCUT2D eigenvalue weighted by Crippen LogP contribution is -2.51. The predicted octanol–water partition coefficient (Wildman–Crippen LogP) is 2.00. The number of rotatable bonds is 6. The Labute approximate surface area is 124 Å². The number of nitrogens with one attached hydrogen (secondary N) is 1. The molecule has 0 aromatic rings. The molecule has 0 spiro atoms. The van der Waals surface area contributed by atoms with Gasteiger partial charge in [-0.3, -0.25) is 4.90 Å². The van der Waals surface area contributed by atoms with Crippen LogP contribution in [-0.2, 0) is 0 Å². The van der Waals surface area contributed by atoms with Crippen LogP contribution in [0.15, 0.2) is 0 Å². The lowest BCUT2D eigenvalue weighted by atomic mass is 9.88. The highest BCUT2D eigenvalue weighted by molar-refractivity contribution is 4.89. The van der Waals surface area contributed by atoms with Crippen molar-refractivity contribution in [3.8, 4) is 6.07 Å². The fourth-order valence-electron chi connectivity index (χ4n) is 2.85. The van der Waals surface area contributed by atoms with Gasteiger partial charge in [-0.15, -0.1) is 0 Å². The lowest BCUT2D eigenvalue weighted by molar-refractivity contribution is 0.0875. The molecule has 20 heavy (non-hydrogen) atoms. The summed E-state index contributed by atoms with van der Waals surface area (Å²) in [7, 11) is 0. The van der Waals surface area contributed by atoms with E-state index in [1.165, 1.54) is 0 Å². The fraction of sp³-hybridized carbons (Fsp3) is 0.938. The van der Waals surface area contributed by atoms with Gasteiger partial charge in [-0.1, -0.05) is 27.7 Å². The van der Waals surface area contributed by atoms with Crippen LogP contribution in [-0.4, -0.2) is 48.3 Å². The first kappa shape index (κ1) is 17.4. The van der Waals surface area contributed by atoms with Gasteiger partial charge in [0.1, 0.15) is 0 Å². The van der Waals surface area contributed by atoms with E-state index in [9.17, 15) is 5.11 Å². The van der Waals surface area contributed by atoms with Crippen molar-refractivity contribution in [2.75, 3.05) is 26.2 Å². The molecule has 116 valence electrons. The molecule has 0 aromatic heterocycles. The van der Waals surface area contributed by atoms with E-state index >= 15 is 0 Å². The van der Waals surface area contributed by atoms with Crippen LogP contribution in [0.3, 0.4) is 0 Å². The standard InChI is InChI=1S/C16H31N3O/c1-5-15(20)9-13-8-14(18-12-16(2,3)4)11-19(10-13)7-6-17/h13-15,18,20H,5,7-12H2,1-4H3.